The predicted octanol–water partition coefficient (Wildman–Crippen LogP) is 6.28. The van der Waals surface area contributed by atoms with Crippen LogP contribution in [0.25, 0.3) is 22.4 Å². The molecular formula is C38H39N5O5S. The number of benzene rings is 3. The van der Waals surface area contributed by atoms with Gasteiger partial charge in [0.05, 0.1) is 36.1 Å². The molecule has 0 fully saturated rings. The Bertz CT molecular complexity index is 1750. The van der Waals surface area contributed by atoms with Crippen LogP contribution in [0, 0.1) is 5.41 Å². The van der Waals surface area contributed by atoms with Crippen LogP contribution >= 0.6 is 12.0 Å². The lowest BCUT2D eigenvalue weighted by molar-refractivity contribution is -0.777. The van der Waals surface area contributed by atoms with Crippen LogP contribution in [-0.4, -0.2) is 35.2 Å². The minimum Gasteiger partial charge on any atom is -0.691 e. The highest BCUT2D eigenvalue weighted by Crippen LogP contribution is 2.29. The summed E-state index contributed by atoms with van der Waals surface area (Å²) in [6, 6.07) is 35.2. The Morgan fingerprint density at radius 2 is 1.65 bits per heavy atom. The molecule has 3 aromatic carbocycles. The minimum absolute atomic E-state index is 0.100. The number of hydrogen-bond acceptors (Lipinski definition) is 9. The monoisotopic (exact) mass is 677 g/mol. The highest BCUT2D eigenvalue weighted by atomic mass is 32.2. The summed E-state index contributed by atoms with van der Waals surface area (Å²) < 4.78 is 10.6. The molecule has 2 aromatic heterocycles. The maximum absolute atomic E-state index is 12.9. The van der Waals surface area contributed by atoms with Crippen molar-refractivity contribution in [1.29, 1.82) is 0 Å². The maximum atomic E-state index is 12.9. The van der Waals surface area contributed by atoms with Crippen LogP contribution in [0.3, 0.4) is 0 Å². The van der Waals surface area contributed by atoms with E-state index in [4.69, 9.17) is 9.72 Å². The molecule has 2 heterocycles. The Morgan fingerprint density at radius 3 is 2.39 bits per heavy atom. The quantitative estimate of drug-likeness (QED) is 0.0294. The Balaban J connectivity index is 1.06. The Morgan fingerprint density at radius 1 is 0.918 bits per heavy atom. The number of carbonyl (C=O) groups is 1. The highest BCUT2D eigenvalue weighted by molar-refractivity contribution is 7.94. The fourth-order valence-electron chi connectivity index (χ4n) is 5.05. The van der Waals surface area contributed by atoms with Crippen LogP contribution in [0.5, 0.6) is 5.88 Å². The molecule has 5 aromatic rings. The number of hydrogen-bond donors (Lipinski definition) is 2. The van der Waals surface area contributed by atoms with E-state index in [-0.39, 0.29) is 11.3 Å². The van der Waals surface area contributed by atoms with E-state index in [9.17, 15) is 10.1 Å². The molecule has 0 radical (unpaired) electrons. The second-order valence-electron chi connectivity index (χ2n) is 12.1. The van der Waals surface area contributed by atoms with E-state index in [0.717, 1.165) is 59.3 Å². The van der Waals surface area contributed by atoms with Crippen LogP contribution in [0.1, 0.15) is 49.0 Å². The summed E-state index contributed by atoms with van der Waals surface area (Å²) in [5.41, 5.74) is 6.80. The van der Waals surface area contributed by atoms with Gasteiger partial charge in [0.1, 0.15) is 0 Å². The molecule has 3 N–H and O–H groups in total. The SMILES string of the molecule is CC(C)(CCCCOc1cc(-c2ccccc2)cc(-c2ccccc2)n1)CNC(=O)c1ccc([NH2+]/N=C/c2ccccc2SOO[O-])nc1. The van der Waals surface area contributed by atoms with E-state index in [0.29, 0.717) is 35.3 Å². The summed E-state index contributed by atoms with van der Waals surface area (Å²) in [6.07, 6.45) is 5.89. The van der Waals surface area contributed by atoms with Gasteiger partial charge in [-0.2, -0.15) is 9.76 Å². The second-order valence-corrected chi connectivity index (χ2v) is 12.8. The van der Waals surface area contributed by atoms with Gasteiger partial charge in [-0.1, -0.05) is 97.8 Å². The molecule has 1 amide bonds. The van der Waals surface area contributed by atoms with Crippen molar-refractivity contribution in [2.45, 2.75) is 38.0 Å². The lowest BCUT2D eigenvalue weighted by atomic mass is 9.87. The number of pyridine rings is 2. The van der Waals surface area contributed by atoms with Crippen LogP contribution in [0.4, 0.5) is 5.82 Å². The molecule has 0 spiro atoms. The lowest BCUT2D eigenvalue weighted by Crippen LogP contribution is -2.71. The van der Waals surface area contributed by atoms with Gasteiger partial charge in [0.25, 0.3) is 11.7 Å². The zero-order valence-electron chi connectivity index (χ0n) is 27.5. The van der Waals surface area contributed by atoms with Crippen molar-refractivity contribution in [3.63, 3.8) is 0 Å². The van der Waals surface area contributed by atoms with Gasteiger partial charge in [0, 0.05) is 40.9 Å². The molecule has 0 bridgehead atoms. The Hall–Kier alpha value is -4.91. The molecule has 49 heavy (non-hydrogen) atoms. The fourth-order valence-corrected chi connectivity index (χ4v) is 5.50. The third-order valence-electron chi connectivity index (χ3n) is 7.74. The molecule has 10 nitrogen and oxygen atoms in total. The van der Waals surface area contributed by atoms with Crippen molar-refractivity contribution in [3.05, 3.63) is 127 Å². The van der Waals surface area contributed by atoms with Crippen molar-refractivity contribution in [2.75, 3.05) is 13.2 Å². The number of aromatic nitrogens is 2. The first-order valence-electron chi connectivity index (χ1n) is 16.0. The van der Waals surface area contributed by atoms with Gasteiger partial charge in [-0.05, 0) is 54.0 Å². The van der Waals surface area contributed by atoms with Gasteiger partial charge in [-0.15, -0.1) is 0 Å². The van der Waals surface area contributed by atoms with Crippen molar-refractivity contribution >= 4 is 30.0 Å². The van der Waals surface area contributed by atoms with Gasteiger partial charge < -0.3 is 15.3 Å². The van der Waals surface area contributed by atoms with E-state index in [2.05, 4.69) is 69.0 Å². The predicted molar refractivity (Wildman–Crippen MR) is 188 cm³/mol. The average Bonchev–Trinajstić information content (AvgIpc) is 3.14. The fraction of sp³-hybridized carbons (Fsp3) is 0.211. The number of carbonyl (C=O) groups excluding carboxylic acids is 1. The van der Waals surface area contributed by atoms with Gasteiger partial charge in [-0.25, -0.2) is 9.97 Å². The zero-order chi connectivity index (χ0) is 34.3. The first-order chi connectivity index (χ1) is 23.9. The molecular weight excluding hydrogens is 639 g/mol. The smallest absolute Gasteiger partial charge is 0.252 e. The highest BCUT2D eigenvalue weighted by Gasteiger charge is 2.19. The molecule has 0 aliphatic rings. The molecule has 0 aliphatic carbocycles. The number of quaternary nitrogens is 1. The number of amides is 1. The van der Waals surface area contributed by atoms with Crippen LogP contribution in [0.15, 0.2) is 125 Å². The van der Waals surface area contributed by atoms with Crippen LogP contribution < -0.4 is 20.7 Å². The van der Waals surface area contributed by atoms with Crippen molar-refractivity contribution in [3.8, 4) is 28.3 Å². The molecule has 5 rings (SSSR count). The van der Waals surface area contributed by atoms with Crippen LogP contribution in [-0.2, 0) is 9.37 Å². The molecule has 0 atom stereocenters. The second kappa shape index (κ2) is 18.0. The van der Waals surface area contributed by atoms with Gasteiger partial charge in [0.15, 0.2) is 0 Å². The Kier molecular flexibility index (Phi) is 13.0. The van der Waals surface area contributed by atoms with E-state index < -0.39 is 0 Å². The van der Waals surface area contributed by atoms with Crippen molar-refractivity contribution < 1.29 is 29.6 Å². The number of unbranched alkanes of at least 4 members (excludes halogenated alkanes) is 1. The molecule has 0 unspecified atom stereocenters. The number of ether oxygens (including phenoxy) is 1. The number of rotatable bonds is 17. The van der Waals surface area contributed by atoms with E-state index in [1.165, 1.54) is 6.20 Å². The summed E-state index contributed by atoms with van der Waals surface area (Å²) in [5.74, 6) is 1.03. The summed E-state index contributed by atoms with van der Waals surface area (Å²) in [6.45, 7) is 5.38. The van der Waals surface area contributed by atoms with Crippen molar-refractivity contribution in [1.82, 2.24) is 15.3 Å². The number of nitrogens with two attached hydrogens (primary N) is 1. The van der Waals surface area contributed by atoms with E-state index >= 15 is 0 Å². The lowest BCUT2D eigenvalue weighted by Gasteiger charge is -2.25. The largest absolute Gasteiger partial charge is 0.691 e. The Labute approximate surface area is 290 Å². The molecule has 0 saturated heterocycles. The molecule has 11 heteroatoms. The van der Waals surface area contributed by atoms with Gasteiger partial charge in [-0.3, -0.25) is 9.83 Å². The average molecular weight is 678 g/mol. The van der Waals surface area contributed by atoms with Gasteiger partial charge >= 0.3 is 0 Å². The van der Waals surface area contributed by atoms with E-state index in [1.807, 2.05) is 60.7 Å². The summed E-state index contributed by atoms with van der Waals surface area (Å²) >= 11 is 0.802. The third kappa shape index (κ3) is 11.1. The van der Waals surface area contributed by atoms with E-state index in [1.54, 1.807) is 29.8 Å². The third-order valence-corrected chi connectivity index (χ3v) is 8.42. The maximum Gasteiger partial charge on any atom is 0.252 e. The topological polar surface area (TPSA) is 135 Å². The molecule has 0 aliphatic heterocycles. The van der Waals surface area contributed by atoms with Crippen molar-refractivity contribution in [2.24, 2.45) is 10.5 Å². The standard InChI is InChI=1S/C38H39N5O5S/c1-38(2,27-40-37(44)31-19-20-35(39-25-31)43-41-26-30-17-9-10-18-34(30)49-48-47-45)21-11-12-22-46-36-24-32(28-13-5-3-6-14-28)23-33(42-36)29-15-7-4-8-16-29/h3-10,13-20,23-26,45H,11-12,21-22,27H2,1-2H3,(H,39,43)(H,40,44)/b41-26+. The summed E-state index contributed by atoms with van der Waals surface area (Å²) in [5, 5.41) is 20.9. The van der Waals surface area contributed by atoms with Gasteiger partial charge in [0.2, 0.25) is 5.88 Å². The number of nitrogens with one attached hydrogen (secondary N) is 1. The zero-order valence-corrected chi connectivity index (χ0v) is 28.3. The first-order valence-corrected chi connectivity index (χ1v) is 16.7. The first kappa shape index (κ1) is 35.4. The minimum atomic E-state index is -0.177. The molecule has 252 valence electrons. The summed E-state index contributed by atoms with van der Waals surface area (Å²) in [4.78, 5) is 22.7. The molecule has 0 saturated carbocycles. The van der Waals surface area contributed by atoms with Crippen LogP contribution in [0.2, 0.25) is 0 Å². The summed E-state index contributed by atoms with van der Waals surface area (Å²) in [7, 11) is 0. The number of nitrogens with zero attached hydrogens (tertiary/aromatic N) is 3. The normalized spacial score (nSPS) is 11.5.